The third-order valence-electron chi connectivity index (χ3n) is 3.93. The molecule has 2 aliphatic carbocycles. The molecular weight excluding hydrogens is 164 g/mol. The fourth-order valence-electron chi connectivity index (χ4n) is 2.84. The van der Waals surface area contributed by atoms with Crippen molar-refractivity contribution in [1.29, 1.82) is 0 Å². The van der Waals surface area contributed by atoms with E-state index in [0.29, 0.717) is 5.92 Å². The van der Waals surface area contributed by atoms with Gasteiger partial charge in [0.25, 0.3) is 0 Å². The Kier molecular flexibility index (Phi) is 1.84. The van der Waals surface area contributed by atoms with Gasteiger partial charge in [0.2, 0.25) is 0 Å². The van der Waals surface area contributed by atoms with Crippen molar-refractivity contribution in [3.8, 4) is 0 Å². The fourth-order valence-corrected chi connectivity index (χ4v) is 2.84. The van der Waals surface area contributed by atoms with E-state index in [0.717, 1.165) is 12.8 Å². The molecule has 72 valence electrons. The molecule has 2 aliphatic rings. The normalized spacial score (nSPS) is 49.5. The molecule has 2 nitrogen and oxygen atoms in total. The van der Waals surface area contributed by atoms with Gasteiger partial charge in [0.15, 0.2) is 5.78 Å². The van der Waals surface area contributed by atoms with Gasteiger partial charge in [-0.15, -0.1) is 0 Å². The topological polar surface area (TPSA) is 37.3 Å². The molecule has 1 N–H and O–H groups in total. The summed E-state index contributed by atoms with van der Waals surface area (Å²) in [7, 11) is 0. The summed E-state index contributed by atoms with van der Waals surface area (Å²) >= 11 is 0. The minimum Gasteiger partial charge on any atom is -0.392 e. The minimum atomic E-state index is -0.260. The maximum atomic E-state index is 11.4. The first-order valence-electron chi connectivity index (χ1n) is 4.97. The Hall–Kier alpha value is -0.630. The third kappa shape index (κ3) is 1.08. The number of aliphatic hydroxyl groups is 1. The lowest BCUT2D eigenvalue weighted by Crippen LogP contribution is -2.38. The zero-order chi connectivity index (χ0) is 9.64. The number of fused-ring (bicyclic) bond motifs is 1. The Morgan fingerprint density at radius 2 is 2.23 bits per heavy atom. The van der Waals surface area contributed by atoms with Crippen molar-refractivity contribution in [3.63, 3.8) is 0 Å². The van der Waals surface area contributed by atoms with E-state index in [1.54, 1.807) is 6.08 Å². The highest BCUT2D eigenvalue weighted by molar-refractivity contribution is 5.93. The lowest BCUT2D eigenvalue weighted by molar-refractivity contribution is -0.121. The molecule has 0 bridgehead atoms. The van der Waals surface area contributed by atoms with Crippen LogP contribution < -0.4 is 0 Å². The first-order chi connectivity index (χ1) is 6.05. The van der Waals surface area contributed by atoms with Crippen LogP contribution in [0.2, 0.25) is 0 Å². The quantitative estimate of drug-likeness (QED) is 0.614. The Morgan fingerprint density at radius 1 is 1.54 bits per heavy atom. The second-order valence-electron chi connectivity index (χ2n) is 4.59. The van der Waals surface area contributed by atoms with Crippen molar-refractivity contribution in [1.82, 2.24) is 0 Å². The Morgan fingerprint density at radius 3 is 2.92 bits per heavy atom. The first kappa shape index (κ1) is 8.95. The summed E-state index contributed by atoms with van der Waals surface area (Å²) in [5, 5.41) is 9.83. The molecule has 0 spiro atoms. The van der Waals surface area contributed by atoms with Gasteiger partial charge >= 0.3 is 0 Å². The molecule has 0 aromatic heterocycles. The van der Waals surface area contributed by atoms with E-state index < -0.39 is 0 Å². The molecule has 0 saturated heterocycles. The SMILES string of the molecule is C[C@@H]1C(=O)C=C[C@]2(C)[C@@H](O)CC[C@@H]12. The van der Waals surface area contributed by atoms with Gasteiger partial charge in [-0.1, -0.05) is 19.9 Å². The molecule has 0 aromatic rings. The predicted molar refractivity (Wildman–Crippen MR) is 50.1 cm³/mol. The first-order valence-corrected chi connectivity index (χ1v) is 4.97. The van der Waals surface area contributed by atoms with Crippen molar-refractivity contribution >= 4 is 5.78 Å². The van der Waals surface area contributed by atoms with Gasteiger partial charge in [0.1, 0.15) is 0 Å². The Balaban J connectivity index is 2.38. The highest BCUT2D eigenvalue weighted by Gasteiger charge is 2.49. The number of carbonyl (C=O) groups is 1. The van der Waals surface area contributed by atoms with Crippen LogP contribution in [-0.2, 0) is 4.79 Å². The number of allylic oxidation sites excluding steroid dienone is 1. The number of rotatable bonds is 0. The average Bonchev–Trinajstić information content (AvgIpc) is 2.39. The largest absolute Gasteiger partial charge is 0.392 e. The van der Waals surface area contributed by atoms with Crippen LogP contribution in [0.1, 0.15) is 26.7 Å². The molecule has 0 aliphatic heterocycles. The van der Waals surface area contributed by atoms with E-state index in [2.05, 4.69) is 6.92 Å². The molecule has 2 heteroatoms. The molecule has 1 fully saturated rings. The molecular formula is C11H16O2. The summed E-state index contributed by atoms with van der Waals surface area (Å²) < 4.78 is 0. The molecule has 0 aromatic carbocycles. The van der Waals surface area contributed by atoms with Gasteiger partial charge < -0.3 is 5.11 Å². The second-order valence-corrected chi connectivity index (χ2v) is 4.59. The standard InChI is InChI=1S/C11H16O2/c1-7-8-3-4-10(13)11(8,2)6-5-9(7)12/h5-8,10,13H,3-4H2,1-2H3/t7-,8-,10-,11-/m0/s1. The third-order valence-corrected chi connectivity index (χ3v) is 3.93. The van der Waals surface area contributed by atoms with Crippen LogP contribution in [0.25, 0.3) is 0 Å². The van der Waals surface area contributed by atoms with Crippen LogP contribution in [0.15, 0.2) is 12.2 Å². The van der Waals surface area contributed by atoms with E-state index in [1.165, 1.54) is 0 Å². The summed E-state index contributed by atoms with van der Waals surface area (Å²) in [6.45, 7) is 4.04. The van der Waals surface area contributed by atoms with Crippen molar-refractivity contribution in [2.24, 2.45) is 17.3 Å². The van der Waals surface area contributed by atoms with E-state index in [-0.39, 0.29) is 23.2 Å². The van der Waals surface area contributed by atoms with E-state index in [9.17, 15) is 9.90 Å². The summed E-state index contributed by atoms with van der Waals surface area (Å²) in [5.74, 6) is 0.656. The maximum absolute atomic E-state index is 11.4. The van der Waals surface area contributed by atoms with Gasteiger partial charge in [-0.2, -0.15) is 0 Å². The van der Waals surface area contributed by atoms with Crippen molar-refractivity contribution in [3.05, 3.63) is 12.2 Å². The van der Waals surface area contributed by atoms with Gasteiger partial charge in [0.05, 0.1) is 6.10 Å². The Bertz CT molecular complexity index is 269. The van der Waals surface area contributed by atoms with Gasteiger partial charge in [-0.3, -0.25) is 4.79 Å². The number of hydrogen-bond donors (Lipinski definition) is 1. The lowest BCUT2D eigenvalue weighted by Gasteiger charge is -2.37. The van der Waals surface area contributed by atoms with Crippen LogP contribution in [0.4, 0.5) is 0 Å². The van der Waals surface area contributed by atoms with Crippen LogP contribution in [0, 0.1) is 17.3 Å². The molecule has 13 heavy (non-hydrogen) atoms. The molecule has 0 heterocycles. The molecule has 4 atom stereocenters. The molecule has 0 unspecified atom stereocenters. The monoisotopic (exact) mass is 180 g/mol. The summed E-state index contributed by atoms with van der Waals surface area (Å²) in [5.41, 5.74) is -0.146. The predicted octanol–water partition coefficient (Wildman–Crippen LogP) is 1.54. The van der Waals surface area contributed by atoms with E-state index in [4.69, 9.17) is 0 Å². The lowest BCUT2D eigenvalue weighted by atomic mass is 9.68. The molecule has 1 saturated carbocycles. The highest BCUT2D eigenvalue weighted by atomic mass is 16.3. The van der Waals surface area contributed by atoms with Gasteiger partial charge in [-0.25, -0.2) is 0 Å². The zero-order valence-corrected chi connectivity index (χ0v) is 8.16. The van der Waals surface area contributed by atoms with Crippen molar-refractivity contribution < 1.29 is 9.90 Å². The molecule has 0 amide bonds. The Labute approximate surface area is 78.6 Å². The van der Waals surface area contributed by atoms with E-state index >= 15 is 0 Å². The number of carbonyl (C=O) groups excluding carboxylic acids is 1. The maximum Gasteiger partial charge on any atom is 0.158 e. The van der Waals surface area contributed by atoms with Crippen LogP contribution in [0.3, 0.4) is 0 Å². The average molecular weight is 180 g/mol. The van der Waals surface area contributed by atoms with Crippen LogP contribution >= 0.6 is 0 Å². The number of aliphatic hydroxyl groups excluding tert-OH is 1. The molecule has 2 rings (SSSR count). The molecule has 0 radical (unpaired) electrons. The van der Waals surface area contributed by atoms with E-state index in [1.807, 2.05) is 13.0 Å². The fraction of sp³-hybridized carbons (Fsp3) is 0.727. The van der Waals surface area contributed by atoms with Crippen LogP contribution in [0.5, 0.6) is 0 Å². The summed E-state index contributed by atoms with van der Waals surface area (Å²) in [6.07, 6.45) is 5.12. The number of hydrogen-bond acceptors (Lipinski definition) is 2. The van der Waals surface area contributed by atoms with Crippen LogP contribution in [-0.4, -0.2) is 17.0 Å². The zero-order valence-electron chi connectivity index (χ0n) is 8.16. The van der Waals surface area contributed by atoms with Crippen molar-refractivity contribution in [2.75, 3.05) is 0 Å². The number of ketones is 1. The second kappa shape index (κ2) is 2.68. The van der Waals surface area contributed by atoms with Gasteiger partial charge in [0, 0.05) is 11.3 Å². The van der Waals surface area contributed by atoms with Crippen molar-refractivity contribution in [2.45, 2.75) is 32.8 Å². The highest BCUT2D eigenvalue weighted by Crippen LogP contribution is 2.50. The summed E-state index contributed by atoms with van der Waals surface area (Å²) in [4.78, 5) is 11.4. The van der Waals surface area contributed by atoms with Gasteiger partial charge in [-0.05, 0) is 24.8 Å². The summed E-state index contributed by atoms with van der Waals surface area (Å²) in [6, 6.07) is 0. The minimum absolute atomic E-state index is 0.0900. The smallest absolute Gasteiger partial charge is 0.158 e.